The van der Waals surface area contributed by atoms with Crippen LogP contribution in [-0.2, 0) is 4.79 Å². The highest BCUT2D eigenvalue weighted by atomic mass is 32.2. The Morgan fingerprint density at radius 3 is 2.71 bits per heavy atom. The number of rotatable bonds is 8. The third kappa shape index (κ3) is 5.82. The van der Waals surface area contributed by atoms with Crippen molar-refractivity contribution in [3.63, 3.8) is 0 Å². The van der Waals surface area contributed by atoms with Gasteiger partial charge < -0.3 is 9.64 Å². The maximum Gasteiger partial charge on any atom is 0.250 e. The van der Waals surface area contributed by atoms with Crippen LogP contribution in [0.15, 0.2) is 52.5 Å². The van der Waals surface area contributed by atoms with Crippen LogP contribution >= 0.6 is 11.8 Å². The summed E-state index contributed by atoms with van der Waals surface area (Å²) < 4.78 is 5.15. The number of anilines is 1. The monoisotopic (exact) mass is 439 g/mol. The van der Waals surface area contributed by atoms with Crippen LogP contribution in [0.1, 0.15) is 57.6 Å². The Labute approximate surface area is 190 Å². The van der Waals surface area contributed by atoms with E-state index in [0.29, 0.717) is 11.7 Å². The van der Waals surface area contributed by atoms with Gasteiger partial charge >= 0.3 is 0 Å². The number of hydrogen-bond acceptors (Lipinski definition) is 5. The summed E-state index contributed by atoms with van der Waals surface area (Å²) in [6.07, 6.45) is 3.98. The molecule has 0 aliphatic carbocycles. The molecular weight excluding hydrogens is 406 g/mol. The molecule has 1 aliphatic heterocycles. The number of ether oxygens (including phenoxy) is 1. The first kappa shape index (κ1) is 23.2. The summed E-state index contributed by atoms with van der Waals surface area (Å²) in [6, 6.07) is 14.1. The van der Waals surface area contributed by atoms with E-state index in [9.17, 15) is 4.79 Å². The minimum absolute atomic E-state index is 0.126. The number of hydrazone groups is 1. The molecule has 0 saturated carbocycles. The second kappa shape index (κ2) is 10.2. The van der Waals surface area contributed by atoms with Crippen LogP contribution < -0.4 is 15.1 Å². The number of thioether (sulfide) groups is 1. The Kier molecular flexibility index (Phi) is 7.65. The molecule has 6 heteroatoms. The van der Waals surface area contributed by atoms with Gasteiger partial charge in [0.25, 0.3) is 0 Å². The SMILES string of the molecule is CCCN1c2ccc(/C=N/NC(=O)CSc3ccc(OC)cc3)cc2C(C)CC1(C)C. The van der Waals surface area contributed by atoms with E-state index >= 15 is 0 Å². The first-order chi connectivity index (χ1) is 14.8. The highest BCUT2D eigenvalue weighted by molar-refractivity contribution is 8.00. The van der Waals surface area contributed by atoms with Crippen molar-refractivity contribution >= 4 is 29.6 Å². The predicted octanol–water partition coefficient (Wildman–Crippen LogP) is 5.44. The van der Waals surface area contributed by atoms with Gasteiger partial charge in [-0.3, -0.25) is 4.79 Å². The average Bonchev–Trinajstić information content (AvgIpc) is 2.75. The van der Waals surface area contributed by atoms with Crippen LogP contribution in [0.25, 0.3) is 0 Å². The van der Waals surface area contributed by atoms with Gasteiger partial charge in [0, 0.05) is 22.7 Å². The summed E-state index contributed by atoms with van der Waals surface area (Å²) in [5, 5.41) is 4.17. The van der Waals surface area contributed by atoms with E-state index in [-0.39, 0.29) is 11.4 Å². The van der Waals surface area contributed by atoms with Crippen LogP contribution in [0.2, 0.25) is 0 Å². The molecule has 0 bridgehead atoms. The molecule has 1 amide bonds. The van der Waals surface area contributed by atoms with Crippen LogP contribution in [0.3, 0.4) is 0 Å². The molecule has 1 heterocycles. The Morgan fingerprint density at radius 1 is 1.29 bits per heavy atom. The lowest BCUT2D eigenvalue weighted by Gasteiger charge is -2.47. The highest BCUT2D eigenvalue weighted by Gasteiger charge is 2.35. The van der Waals surface area contributed by atoms with Crippen LogP contribution in [-0.4, -0.2) is 37.1 Å². The van der Waals surface area contributed by atoms with Crippen molar-refractivity contribution in [2.45, 2.75) is 56.9 Å². The normalized spacial score (nSPS) is 17.5. The maximum atomic E-state index is 12.1. The summed E-state index contributed by atoms with van der Waals surface area (Å²) in [7, 11) is 1.64. The molecule has 1 N–H and O–H groups in total. The predicted molar refractivity (Wildman–Crippen MR) is 131 cm³/mol. The Hall–Kier alpha value is -2.47. The van der Waals surface area contributed by atoms with Gasteiger partial charge in [0.15, 0.2) is 0 Å². The number of nitrogens with one attached hydrogen (secondary N) is 1. The second-order valence-corrected chi connectivity index (χ2v) is 9.69. The zero-order valence-electron chi connectivity index (χ0n) is 19.1. The van der Waals surface area contributed by atoms with Crippen molar-refractivity contribution < 1.29 is 9.53 Å². The number of benzene rings is 2. The lowest BCUT2D eigenvalue weighted by atomic mass is 9.79. The smallest absolute Gasteiger partial charge is 0.250 e. The van der Waals surface area contributed by atoms with Crippen molar-refractivity contribution in [1.82, 2.24) is 5.43 Å². The second-order valence-electron chi connectivity index (χ2n) is 8.64. The lowest BCUT2D eigenvalue weighted by Crippen LogP contribution is -2.48. The largest absolute Gasteiger partial charge is 0.497 e. The zero-order valence-corrected chi connectivity index (χ0v) is 20.0. The van der Waals surface area contributed by atoms with Gasteiger partial charge in [-0.1, -0.05) is 19.9 Å². The van der Waals surface area contributed by atoms with Gasteiger partial charge in [-0.2, -0.15) is 5.10 Å². The van der Waals surface area contributed by atoms with Crippen LogP contribution in [0.5, 0.6) is 5.75 Å². The molecular formula is C25H33N3O2S. The van der Waals surface area contributed by atoms with E-state index in [2.05, 4.69) is 61.3 Å². The molecule has 0 fully saturated rings. The maximum absolute atomic E-state index is 12.1. The molecule has 0 aromatic heterocycles. The van der Waals surface area contributed by atoms with Crippen molar-refractivity contribution in [1.29, 1.82) is 0 Å². The van der Waals surface area contributed by atoms with Gasteiger partial charge in [-0.25, -0.2) is 5.43 Å². The summed E-state index contributed by atoms with van der Waals surface area (Å²) >= 11 is 1.47. The van der Waals surface area contributed by atoms with Gasteiger partial charge in [0.1, 0.15) is 5.75 Å². The lowest BCUT2D eigenvalue weighted by molar-refractivity contribution is -0.118. The molecule has 166 valence electrons. The van der Waals surface area contributed by atoms with E-state index in [1.54, 1.807) is 13.3 Å². The molecule has 1 aliphatic rings. The molecule has 1 unspecified atom stereocenters. The third-order valence-corrected chi connectivity index (χ3v) is 6.70. The Balaban J connectivity index is 1.60. The van der Waals surface area contributed by atoms with E-state index in [4.69, 9.17) is 4.74 Å². The van der Waals surface area contributed by atoms with E-state index in [0.717, 1.165) is 35.6 Å². The third-order valence-electron chi connectivity index (χ3n) is 5.69. The summed E-state index contributed by atoms with van der Waals surface area (Å²) in [5.74, 6) is 1.48. The van der Waals surface area contributed by atoms with Crippen LogP contribution in [0.4, 0.5) is 5.69 Å². The zero-order chi connectivity index (χ0) is 22.4. The fourth-order valence-corrected chi connectivity index (χ4v) is 4.96. The van der Waals surface area contributed by atoms with Gasteiger partial charge in [0.2, 0.25) is 5.91 Å². The summed E-state index contributed by atoms with van der Waals surface area (Å²) in [4.78, 5) is 15.7. The first-order valence-electron chi connectivity index (χ1n) is 10.8. The molecule has 3 rings (SSSR count). The quantitative estimate of drug-likeness (QED) is 0.338. The van der Waals surface area contributed by atoms with Crippen molar-refractivity contribution in [2.75, 3.05) is 24.3 Å². The van der Waals surface area contributed by atoms with Gasteiger partial charge in [-0.15, -0.1) is 11.8 Å². The number of amides is 1. The molecule has 0 spiro atoms. The van der Waals surface area contributed by atoms with Crippen molar-refractivity contribution in [3.05, 3.63) is 53.6 Å². The molecule has 2 aromatic rings. The van der Waals surface area contributed by atoms with E-state index in [1.807, 2.05) is 24.3 Å². The molecule has 5 nitrogen and oxygen atoms in total. The average molecular weight is 440 g/mol. The summed E-state index contributed by atoms with van der Waals surface area (Å²) in [6.45, 7) is 10.2. The van der Waals surface area contributed by atoms with E-state index in [1.165, 1.54) is 23.0 Å². The Bertz CT molecular complexity index is 925. The number of carbonyl (C=O) groups is 1. The molecule has 1 atom stereocenters. The van der Waals surface area contributed by atoms with E-state index < -0.39 is 0 Å². The Morgan fingerprint density at radius 2 is 2.03 bits per heavy atom. The highest BCUT2D eigenvalue weighted by Crippen LogP contribution is 2.43. The number of methoxy groups -OCH3 is 1. The van der Waals surface area contributed by atoms with Gasteiger partial charge in [0.05, 0.1) is 19.1 Å². The molecule has 31 heavy (non-hydrogen) atoms. The topological polar surface area (TPSA) is 53.9 Å². The van der Waals surface area contributed by atoms with Crippen molar-refractivity contribution in [2.24, 2.45) is 5.10 Å². The number of fused-ring (bicyclic) bond motifs is 1. The number of hydrogen-bond donors (Lipinski definition) is 1. The first-order valence-corrected chi connectivity index (χ1v) is 11.8. The number of carbonyl (C=O) groups excluding carboxylic acids is 1. The standard InChI is InChI=1S/C25H33N3O2S/c1-6-13-28-23-12-7-19(14-22(23)18(2)15-25(28,3)4)16-26-27-24(29)17-31-21-10-8-20(30-5)9-11-21/h7-12,14,16,18H,6,13,15,17H2,1-5H3,(H,27,29)/b26-16+. The van der Waals surface area contributed by atoms with Crippen molar-refractivity contribution in [3.8, 4) is 5.75 Å². The van der Waals surface area contributed by atoms with Gasteiger partial charge in [-0.05, 0) is 80.1 Å². The molecule has 2 aromatic carbocycles. The minimum atomic E-state index is -0.126. The summed E-state index contributed by atoms with van der Waals surface area (Å²) in [5.41, 5.74) is 6.48. The van der Waals surface area contributed by atoms with Crippen LogP contribution in [0, 0.1) is 0 Å². The fraction of sp³-hybridized carbons (Fsp3) is 0.440. The number of nitrogens with zero attached hydrogens (tertiary/aromatic N) is 2. The molecule has 0 radical (unpaired) electrons. The minimum Gasteiger partial charge on any atom is -0.497 e. The molecule has 0 saturated heterocycles. The fourth-order valence-electron chi connectivity index (χ4n) is 4.27.